The predicted octanol–water partition coefficient (Wildman–Crippen LogP) is 3.24. The lowest BCUT2D eigenvalue weighted by molar-refractivity contribution is 0.281. The van der Waals surface area contributed by atoms with E-state index < -0.39 is 0 Å². The van der Waals surface area contributed by atoms with Crippen LogP contribution in [0.15, 0.2) is 23.4 Å². The lowest BCUT2D eigenvalue weighted by Crippen LogP contribution is -2.15. The Bertz CT molecular complexity index is 325. The Kier molecular flexibility index (Phi) is 4.24. The molecule has 0 amide bonds. The van der Waals surface area contributed by atoms with Gasteiger partial charge in [0, 0.05) is 11.4 Å². The van der Waals surface area contributed by atoms with E-state index in [0.717, 1.165) is 21.8 Å². The first-order chi connectivity index (χ1) is 7.78. The van der Waals surface area contributed by atoms with E-state index in [-0.39, 0.29) is 6.61 Å². The van der Waals surface area contributed by atoms with Crippen LogP contribution in [0.3, 0.4) is 0 Å². The van der Waals surface area contributed by atoms with Crippen LogP contribution in [0.1, 0.15) is 38.2 Å². The van der Waals surface area contributed by atoms with Crippen LogP contribution in [0.2, 0.25) is 0 Å². The van der Waals surface area contributed by atoms with Gasteiger partial charge in [-0.05, 0) is 30.4 Å². The average Bonchev–Trinajstić information content (AvgIpc) is 2.30. The number of hydrogen-bond donors (Lipinski definition) is 1. The molecule has 2 unspecified atom stereocenters. The fourth-order valence-electron chi connectivity index (χ4n) is 2.23. The topological polar surface area (TPSA) is 33.1 Å². The van der Waals surface area contributed by atoms with Gasteiger partial charge in [0.05, 0.1) is 11.6 Å². The predicted molar refractivity (Wildman–Crippen MR) is 67.4 cm³/mol. The first-order valence-corrected chi connectivity index (χ1v) is 6.88. The molecule has 88 valence electrons. The number of aromatic nitrogens is 1. The standard InChI is InChI=1S/C13H19NOS/c1-10-3-2-4-12(7-10)16-13-6-5-11(9-15)8-14-13/h5-6,8,10,12,15H,2-4,7,9H2,1H3. The number of aliphatic hydroxyl groups excluding tert-OH is 1. The molecule has 0 radical (unpaired) electrons. The second-order valence-corrected chi connectivity index (χ2v) is 6.00. The Morgan fingerprint density at radius 2 is 2.31 bits per heavy atom. The second-order valence-electron chi connectivity index (χ2n) is 4.67. The third kappa shape index (κ3) is 3.22. The summed E-state index contributed by atoms with van der Waals surface area (Å²) in [4.78, 5) is 4.37. The maximum absolute atomic E-state index is 8.94. The first-order valence-electron chi connectivity index (χ1n) is 6.00. The van der Waals surface area contributed by atoms with Crippen molar-refractivity contribution in [2.45, 2.75) is 49.5 Å². The van der Waals surface area contributed by atoms with Gasteiger partial charge >= 0.3 is 0 Å². The third-order valence-corrected chi connectivity index (χ3v) is 4.40. The molecule has 3 heteroatoms. The van der Waals surface area contributed by atoms with Crippen molar-refractivity contribution in [1.82, 2.24) is 4.98 Å². The number of thioether (sulfide) groups is 1. The first kappa shape index (κ1) is 11.9. The van der Waals surface area contributed by atoms with Crippen molar-refractivity contribution >= 4 is 11.8 Å². The molecule has 1 aliphatic carbocycles. The summed E-state index contributed by atoms with van der Waals surface area (Å²) >= 11 is 1.89. The van der Waals surface area contributed by atoms with Crippen LogP contribution in [-0.4, -0.2) is 15.3 Å². The molecule has 1 saturated carbocycles. The zero-order valence-electron chi connectivity index (χ0n) is 9.72. The molecule has 2 nitrogen and oxygen atoms in total. The van der Waals surface area contributed by atoms with Gasteiger partial charge in [0.2, 0.25) is 0 Å². The Hall–Kier alpha value is -0.540. The zero-order chi connectivity index (χ0) is 11.4. The van der Waals surface area contributed by atoms with Crippen LogP contribution in [0.25, 0.3) is 0 Å². The fourth-order valence-corrected chi connectivity index (χ4v) is 3.54. The summed E-state index contributed by atoms with van der Waals surface area (Å²) in [7, 11) is 0. The molecule has 1 aromatic rings. The molecule has 1 fully saturated rings. The van der Waals surface area contributed by atoms with E-state index in [2.05, 4.69) is 11.9 Å². The van der Waals surface area contributed by atoms with Gasteiger partial charge in [-0.15, -0.1) is 11.8 Å². The van der Waals surface area contributed by atoms with Crippen LogP contribution >= 0.6 is 11.8 Å². The Morgan fingerprint density at radius 3 is 2.94 bits per heavy atom. The van der Waals surface area contributed by atoms with Crippen molar-refractivity contribution in [3.8, 4) is 0 Å². The molecule has 1 N–H and O–H groups in total. The molecule has 2 atom stereocenters. The van der Waals surface area contributed by atoms with Gasteiger partial charge in [-0.25, -0.2) is 4.98 Å². The number of pyridine rings is 1. The minimum atomic E-state index is 0.0818. The highest BCUT2D eigenvalue weighted by atomic mass is 32.2. The molecule has 1 aliphatic rings. The molecule has 0 bridgehead atoms. The summed E-state index contributed by atoms with van der Waals surface area (Å²) in [6.45, 7) is 2.42. The minimum Gasteiger partial charge on any atom is -0.392 e. The highest BCUT2D eigenvalue weighted by Gasteiger charge is 2.19. The second kappa shape index (κ2) is 5.69. The molecule has 2 rings (SSSR count). The SMILES string of the molecule is CC1CCCC(Sc2ccc(CO)cn2)C1. The van der Waals surface area contributed by atoms with Crippen molar-refractivity contribution in [3.63, 3.8) is 0 Å². The lowest BCUT2D eigenvalue weighted by Gasteiger charge is -2.25. The molecular formula is C13H19NOS. The molecule has 16 heavy (non-hydrogen) atoms. The average molecular weight is 237 g/mol. The fraction of sp³-hybridized carbons (Fsp3) is 0.615. The highest BCUT2D eigenvalue weighted by Crippen LogP contribution is 2.35. The highest BCUT2D eigenvalue weighted by molar-refractivity contribution is 7.99. The summed E-state index contributed by atoms with van der Waals surface area (Å²) in [5, 5.41) is 10.8. The van der Waals surface area contributed by atoms with Gasteiger partial charge in [0.1, 0.15) is 0 Å². The van der Waals surface area contributed by atoms with Crippen LogP contribution in [-0.2, 0) is 6.61 Å². The van der Waals surface area contributed by atoms with Crippen molar-refractivity contribution in [2.24, 2.45) is 5.92 Å². The van der Waals surface area contributed by atoms with Gasteiger partial charge in [0.15, 0.2) is 0 Å². The molecule has 1 heterocycles. The quantitative estimate of drug-likeness (QED) is 0.876. The van der Waals surface area contributed by atoms with Gasteiger partial charge in [-0.3, -0.25) is 0 Å². The summed E-state index contributed by atoms with van der Waals surface area (Å²) < 4.78 is 0. The van der Waals surface area contributed by atoms with Crippen LogP contribution in [0, 0.1) is 5.92 Å². The smallest absolute Gasteiger partial charge is 0.0962 e. The Balaban J connectivity index is 1.92. The number of nitrogens with zero attached hydrogens (tertiary/aromatic N) is 1. The largest absolute Gasteiger partial charge is 0.392 e. The Morgan fingerprint density at radius 1 is 1.44 bits per heavy atom. The van der Waals surface area contributed by atoms with E-state index in [4.69, 9.17) is 5.11 Å². The van der Waals surface area contributed by atoms with E-state index in [9.17, 15) is 0 Å². The lowest BCUT2D eigenvalue weighted by atomic mass is 9.91. The summed E-state index contributed by atoms with van der Waals surface area (Å²) in [6, 6.07) is 3.98. The normalized spacial score (nSPS) is 25.6. The molecule has 0 aliphatic heterocycles. The maximum atomic E-state index is 8.94. The van der Waals surface area contributed by atoms with Crippen LogP contribution in [0.4, 0.5) is 0 Å². The summed E-state index contributed by atoms with van der Waals surface area (Å²) in [5.74, 6) is 0.864. The van der Waals surface area contributed by atoms with E-state index >= 15 is 0 Å². The Labute approximate surface area is 101 Å². The molecule has 1 aromatic heterocycles. The minimum absolute atomic E-state index is 0.0818. The monoisotopic (exact) mass is 237 g/mol. The van der Waals surface area contributed by atoms with Crippen molar-refractivity contribution in [2.75, 3.05) is 0 Å². The summed E-state index contributed by atoms with van der Waals surface area (Å²) in [5.41, 5.74) is 0.890. The molecule has 0 saturated heterocycles. The van der Waals surface area contributed by atoms with E-state index in [1.165, 1.54) is 25.7 Å². The van der Waals surface area contributed by atoms with Crippen LogP contribution in [0.5, 0.6) is 0 Å². The molecule has 0 aromatic carbocycles. The van der Waals surface area contributed by atoms with Gasteiger partial charge in [-0.2, -0.15) is 0 Å². The van der Waals surface area contributed by atoms with Crippen molar-refractivity contribution in [3.05, 3.63) is 23.9 Å². The van der Waals surface area contributed by atoms with E-state index in [1.54, 1.807) is 6.20 Å². The van der Waals surface area contributed by atoms with Gasteiger partial charge in [0.25, 0.3) is 0 Å². The summed E-state index contributed by atoms with van der Waals surface area (Å²) in [6.07, 6.45) is 7.14. The number of rotatable bonds is 3. The van der Waals surface area contributed by atoms with E-state index in [1.807, 2.05) is 23.9 Å². The molecule has 0 spiro atoms. The van der Waals surface area contributed by atoms with E-state index in [0.29, 0.717) is 0 Å². The third-order valence-electron chi connectivity index (χ3n) is 3.16. The zero-order valence-corrected chi connectivity index (χ0v) is 10.5. The number of aliphatic hydroxyl groups is 1. The molecular weight excluding hydrogens is 218 g/mol. The van der Waals surface area contributed by atoms with Crippen LogP contribution < -0.4 is 0 Å². The van der Waals surface area contributed by atoms with Crippen molar-refractivity contribution in [1.29, 1.82) is 0 Å². The van der Waals surface area contributed by atoms with Crippen molar-refractivity contribution < 1.29 is 5.11 Å². The number of hydrogen-bond acceptors (Lipinski definition) is 3. The van der Waals surface area contributed by atoms with Gasteiger partial charge < -0.3 is 5.11 Å². The van der Waals surface area contributed by atoms with Gasteiger partial charge in [-0.1, -0.05) is 25.8 Å². The maximum Gasteiger partial charge on any atom is 0.0962 e.